The van der Waals surface area contributed by atoms with Gasteiger partial charge in [-0.05, 0) is 46.8 Å². The molecule has 0 saturated carbocycles. The fraction of sp³-hybridized carbons (Fsp3) is 0.158. The number of ether oxygens (including phenoxy) is 1. The normalized spacial score (nSPS) is 16.4. The zero-order chi connectivity index (χ0) is 19.3. The summed E-state index contributed by atoms with van der Waals surface area (Å²) in [6.07, 6.45) is 0.605. The number of hydrogen-bond acceptors (Lipinski definition) is 7. The maximum Gasteiger partial charge on any atom is 0.185 e. The van der Waals surface area contributed by atoms with Gasteiger partial charge in [-0.15, -0.1) is 5.10 Å². The molecule has 1 aliphatic rings. The highest BCUT2D eigenvalue weighted by Gasteiger charge is 2.26. The number of nitrogens with one attached hydrogen (secondary N) is 1. The van der Waals surface area contributed by atoms with Crippen molar-refractivity contribution < 1.29 is 9.84 Å². The Morgan fingerprint density at radius 3 is 2.96 bits per heavy atom. The summed E-state index contributed by atoms with van der Waals surface area (Å²) in [5.41, 5.74) is 7.12. The number of phenols is 1. The molecule has 0 bridgehead atoms. The fourth-order valence-electron chi connectivity index (χ4n) is 3.50. The SMILES string of the molecule is COc1ccc2cc(C3CC(c4cc(Br)ccc4O)=NN3)c3nnnn3c2c1. The van der Waals surface area contributed by atoms with Crippen LogP contribution in [-0.4, -0.2) is 38.0 Å². The van der Waals surface area contributed by atoms with Crippen LogP contribution in [0.1, 0.15) is 23.6 Å². The molecule has 9 heteroatoms. The first-order valence-electron chi connectivity index (χ1n) is 8.64. The summed E-state index contributed by atoms with van der Waals surface area (Å²) in [5.74, 6) is 0.941. The molecule has 1 aliphatic heterocycles. The number of hydrazone groups is 1. The van der Waals surface area contributed by atoms with Gasteiger partial charge in [-0.3, -0.25) is 0 Å². The first-order valence-corrected chi connectivity index (χ1v) is 9.43. The third-order valence-corrected chi connectivity index (χ3v) is 5.40. The summed E-state index contributed by atoms with van der Waals surface area (Å²) in [5, 5.41) is 27.9. The molecular formula is C19H15BrN6O2. The van der Waals surface area contributed by atoms with Crippen LogP contribution in [0.2, 0.25) is 0 Å². The van der Waals surface area contributed by atoms with Crippen molar-refractivity contribution in [1.82, 2.24) is 25.5 Å². The maximum absolute atomic E-state index is 10.2. The van der Waals surface area contributed by atoms with Gasteiger partial charge in [0.2, 0.25) is 0 Å². The van der Waals surface area contributed by atoms with E-state index in [1.807, 2.05) is 24.3 Å². The van der Waals surface area contributed by atoms with E-state index < -0.39 is 0 Å². The number of rotatable bonds is 3. The summed E-state index contributed by atoms with van der Waals surface area (Å²) >= 11 is 3.44. The molecule has 4 aromatic rings. The van der Waals surface area contributed by atoms with Crippen molar-refractivity contribution in [1.29, 1.82) is 0 Å². The van der Waals surface area contributed by atoms with E-state index in [9.17, 15) is 5.11 Å². The Balaban J connectivity index is 1.57. The molecular weight excluding hydrogens is 424 g/mol. The minimum atomic E-state index is -0.103. The van der Waals surface area contributed by atoms with E-state index in [0.29, 0.717) is 17.6 Å². The standard InChI is InChI=1S/C19H15BrN6O2/c1-28-12-4-2-10-6-14(19-23-24-25-26(19)17(10)8-12)16-9-15(21-22-16)13-7-11(20)3-5-18(13)27/h2-8,16,22,27H,9H2,1H3. The van der Waals surface area contributed by atoms with Gasteiger partial charge < -0.3 is 15.3 Å². The van der Waals surface area contributed by atoms with Crippen LogP contribution in [0.4, 0.5) is 0 Å². The molecule has 0 saturated heterocycles. The van der Waals surface area contributed by atoms with E-state index in [1.165, 1.54) is 0 Å². The van der Waals surface area contributed by atoms with E-state index in [1.54, 1.807) is 23.8 Å². The topological polar surface area (TPSA) is 96.9 Å². The van der Waals surface area contributed by atoms with Crippen molar-refractivity contribution in [3.63, 3.8) is 0 Å². The Hall–Kier alpha value is -3.20. The van der Waals surface area contributed by atoms with Gasteiger partial charge >= 0.3 is 0 Å². The van der Waals surface area contributed by atoms with E-state index in [4.69, 9.17) is 4.74 Å². The molecule has 0 amide bonds. The molecule has 1 atom stereocenters. The van der Waals surface area contributed by atoms with E-state index in [-0.39, 0.29) is 11.8 Å². The molecule has 3 heterocycles. The van der Waals surface area contributed by atoms with Crippen molar-refractivity contribution in [2.45, 2.75) is 12.5 Å². The molecule has 0 aliphatic carbocycles. The molecule has 0 radical (unpaired) electrons. The first-order chi connectivity index (χ1) is 13.6. The number of aromatic hydroxyl groups is 1. The number of fused-ring (bicyclic) bond motifs is 3. The lowest BCUT2D eigenvalue weighted by Gasteiger charge is -2.13. The highest BCUT2D eigenvalue weighted by molar-refractivity contribution is 9.10. The lowest BCUT2D eigenvalue weighted by molar-refractivity contribution is 0.415. The number of pyridine rings is 1. The average molecular weight is 439 g/mol. The number of phenolic OH excluding ortho intramolecular Hbond substituents is 1. The number of nitrogens with zero attached hydrogens (tertiary/aromatic N) is 5. The minimum Gasteiger partial charge on any atom is -0.507 e. The lowest BCUT2D eigenvalue weighted by Crippen LogP contribution is -2.12. The van der Waals surface area contributed by atoms with Crippen molar-refractivity contribution in [3.8, 4) is 11.5 Å². The number of aromatic nitrogens is 4. The molecule has 8 nitrogen and oxygen atoms in total. The number of hydrogen-bond donors (Lipinski definition) is 2. The van der Waals surface area contributed by atoms with Crippen molar-refractivity contribution >= 4 is 38.2 Å². The third-order valence-electron chi connectivity index (χ3n) is 4.90. The summed E-state index contributed by atoms with van der Waals surface area (Å²) in [6.45, 7) is 0. The Bertz CT molecular complexity index is 1250. The van der Waals surface area contributed by atoms with Gasteiger partial charge in [0.1, 0.15) is 11.5 Å². The summed E-state index contributed by atoms with van der Waals surface area (Å²) in [4.78, 5) is 0. The third kappa shape index (κ3) is 2.66. The Kier molecular flexibility index (Phi) is 3.90. The summed E-state index contributed by atoms with van der Waals surface area (Å²) in [7, 11) is 1.63. The van der Waals surface area contributed by atoms with Crippen LogP contribution in [0.25, 0.3) is 16.6 Å². The van der Waals surface area contributed by atoms with Crippen molar-refractivity contribution in [2.75, 3.05) is 7.11 Å². The zero-order valence-electron chi connectivity index (χ0n) is 14.8. The predicted octanol–water partition coefficient (Wildman–Crippen LogP) is 3.19. The molecule has 0 fully saturated rings. The second-order valence-electron chi connectivity index (χ2n) is 6.54. The average Bonchev–Trinajstić information content (AvgIpc) is 3.39. The van der Waals surface area contributed by atoms with Crippen molar-refractivity contribution in [3.05, 3.63) is 58.1 Å². The number of benzene rings is 2. The zero-order valence-corrected chi connectivity index (χ0v) is 16.4. The number of halogens is 1. The maximum atomic E-state index is 10.2. The smallest absolute Gasteiger partial charge is 0.185 e. The Morgan fingerprint density at radius 2 is 2.11 bits per heavy atom. The van der Waals surface area contributed by atoms with Gasteiger partial charge in [0.05, 0.1) is 24.4 Å². The van der Waals surface area contributed by atoms with Crippen LogP contribution in [0.5, 0.6) is 11.5 Å². The number of tetrazole rings is 1. The minimum absolute atomic E-state index is 0.103. The van der Waals surface area contributed by atoms with Gasteiger partial charge in [-0.1, -0.05) is 15.9 Å². The van der Waals surface area contributed by atoms with Crippen LogP contribution < -0.4 is 10.2 Å². The summed E-state index contributed by atoms with van der Waals surface area (Å²) < 4.78 is 7.92. The lowest BCUT2D eigenvalue weighted by atomic mass is 9.98. The van der Waals surface area contributed by atoms with Gasteiger partial charge in [-0.2, -0.15) is 9.62 Å². The monoisotopic (exact) mass is 438 g/mol. The second kappa shape index (κ2) is 6.45. The fourth-order valence-corrected chi connectivity index (χ4v) is 3.86. The van der Waals surface area contributed by atoms with Crippen LogP contribution in [0.15, 0.2) is 52.0 Å². The molecule has 1 unspecified atom stereocenters. The number of methoxy groups -OCH3 is 1. The van der Waals surface area contributed by atoms with E-state index in [2.05, 4.69) is 48.0 Å². The molecule has 2 N–H and O–H groups in total. The molecule has 0 spiro atoms. The van der Waals surface area contributed by atoms with Gasteiger partial charge in [0.15, 0.2) is 5.65 Å². The first kappa shape index (κ1) is 16.9. The van der Waals surface area contributed by atoms with Crippen molar-refractivity contribution in [2.24, 2.45) is 5.10 Å². The molecule has 2 aromatic carbocycles. The predicted molar refractivity (Wildman–Crippen MR) is 108 cm³/mol. The van der Waals surface area contributed by atoms with Gasteiger partial charge in [0, 0.05) is 33.5 Å². The van der Waals surface area contributed by atoms with Crippen LogP contribution >= 0.6 is 15.9 Å². The quantitative estimate of drug-likeness (QED) is 0.509. The van der Waals surface area contributed by atoms with E-state index >= 15 is 0 Å². The van der Waals surface area contributed by atoms with Gasteiger partial charge in [-0.25, -0.2) is 0 Å². The summed E-state index contributed by atoms with van der Waals surface area (Å²) in [6, 6.07) is 13.1. The molecule has 28 heavy (non-hydrogen) atoms. The van der Waals surface area contributed by atoms with Gasteiger partial charge in [0.25, 0.3) is 0 Å². The highest BCUT2D eigenvalue weighted by atomic mass is 79.9. The van der Waals surface area contributed by atoms with Crippen LogP contribution in [-0.2, 0) is 0 Å². The molecule has 140 valence electrons. The molecule has 2 aromatic heterocycles. The Morgan fingerprint density at radius 1 is 1.21 bits per heavy atom. The van der Waals surface area contributed by atoms with Crippen LogP contribution in [0.3, 0.4) is 0 Å². The Labute approximate surface area is 167 Å². The highest BCUT2D eigenvalue weighted by Crippen LogP contribution is 2.33. The largest absolute Gasteiger partial charge is 0.507 e. The second-order valence-corrected chi connectivity index (χ2v) is 7.46. The molecule has 5 rings (SSSR count). The van der Waals surface area contributed by atoms with E-state index in [0.717, 1.165) is 32.4 Å². The van der Waals surface area contributed by atoms with Crippen LogP contribution in [0, 0.1) is 0 Å².